The molecule has 0 atom stereocenters. The molecule has 2 aliphatic rings. The summed E-state index contributed by atoms with van der Waals surface area (Å²) in [6.07, 6.45) is 0. The van der Waals surface area contributed by atoms with Crippen molar-refractivity contribution in [2.24, 2.45) is 0 Å². The number of hydrogen-bond acceptors (Lipinski definition) is 4. The largest absolute Gasteiger partial charge is 0.355 e. The summed E-state index contributed by atoms with van der Waals surface area (Å²) in [6.45, 7) is 8.77. The summed E-state index contributed by atoms with van der Waals surface area (Å²) in [5.41, 5.74) is 5.70. The molecule has 35 heavy (non-hydrogen) atoms. The minimum atomic E-state index is 0.0625. The van der Waals surface area contributed by atoms with E-state index in [0.29, 0.717) is 11.6 Å². The summed E-state index contributed by atoms with van der Waals surface area (Å²) in [6, 6.07) is 23.7. The summed E-state index contributed by atoms with van der Waals surface area (Å²) < 4.78 is 0. The standard InChI is InChI=1S/C29H32N4O2/c1-21-9-8-14-26(22(21)2)30-27-13-7-6-12-25(27)29(35)33-19-24(20-33)31-15-17-32(18-16-31)28(34)23-10-4-3-5-11-23/h3-14,24,30H,15-20H2,1-2H3. The van der Waals surface area contributed by atoms with Gasteiger partial charge >= 0.3 is 0 Å². The van der Waals surface area contributed by atoms with Crippen LogP contribution in [0.5, 0.6) is 0 Å². The number of aryl methyl sites for hydroxylation is 1. The average Bonchev–Trinajstić information content (AvgIpc) is 2.87. The van der Waals surface area contributed by atoms with Crippen LogP contribution in [0.15, 0.2) is 72.8 Å². The maximum absolute atomic E-state index is 13.3. The number of carbonyl (C=O) groups is 2. The molecule has 0 radical (unpaired) electrons. The zero-order valence-corrected chi connectivity index (χ0v) is 20.4. The Balaban J connectivity index is 1.17. The second-order valence-corrected chi connectivity index (χ2v) is 9.48. The van der Waals surface area contributed by atoms with Gasteiger partial charge in [-0.25, -0.2) is 0 Å². The highest BCUT2D eigenvalue weighted by molar-refractivity contribution is 6.01. The van der Waals surface area contributed by atoms with Crippen LogP contribution in [0, 0.1) is 13.8 Å². The number of piperazine rings is 1. The van der Waals surface area contributed by atoms with Crippen molar-refractivity contribution in [3.8, 4) is 0 Å². The van der Waals surface area contributed by atoms with Crippen LogP contribution < -0.4 is 5.32 Å². The highest BCUT2D eigenvalue weighted by Crippen LogP contribution is 2.28. The highest BCUT2D eigenvalue weighted by Gasteiger charge is 2.37. The van der Waals surface area contributed by atoms with Crippen LogP contribution in [0.2, 0.25) is 0 Å². The lowest BCUT2D eigenvalue weighted by molar-refractivity contribution is 0.00859. The zero-order chi connectivity index (χ0) is 24.4. The van der Waals surface area contributed by atoms with Crippen LogP contribution in [0.4, 0.5) is 11.4 Å². The van der Waals surface area contributed by atoms with E-state index in [1.807, 2.05) is 76.5 Å². The Morgan fingerprint density at radius 3 is 2.11 bits per heavy atom. The van der Waals surface area contributed by atoms with Crippen LogP contribution in [-0.2, 0) is 0 Å². The van der Waals surface area contributed by atoms with Crippen LogP contribution >= 0.6 is 0 Å². The lowest BCUT2D eigenvalue weighted by Gasteiger charge is -2.48. The molecule has 0 bridgehead atoms. The predicted octanol–water partition coefficient (Wildman–Crippen LogP) is 4.33. The first kappa shape index (κ1) is 23.1. The van der Waals surface area contributed by atoms with Crippen molar-refractivity contribution in [1.82, 2.24) is 14.7 Å². The fraction of sp³-hybridized carbons (Fsp3) is 0.310. The van der Waals surface area contributed by atoms with Crippen LogP contribution in [0.25, 0.3) is 0 Å². The molecule has 6 nitrogen and oxygen atoms in total. The number of anilines is 2. The van der Waals surface area contributed by atoms with Crippen molar-refractivity contribution < 1.29 is 9.59 Å². The molecule has 2 amide bonds. The summed E-state index contributed by atoms with van der Waals surface area (Å²) in [4.78, 5) is 32.3. The summed E-state index contributed by atoms with van der Waals surface area (Å²) in [7, 11) is 0. The minimum Gasteiger partial charge on any atom is -0.355 e. The van der Waals surface area contributed by atoms with Gasteiger partial charge in [-0.15, -0.1) is 0 Å². The zero-order valence-electron chi connectivity index (χ0n) is 20.4. The minimum absolute atomic E-state index is 0.0625. The molecule has 0 aliphatic carbocycles. The second-order valence-electron chi connectivity index (χ2n) is 9.48. The van der Waals surface area contributed by atoms with Gasteiger partial charge < -0.3 is 15.1 Å². The van der Waals surface area contributed by atoms with E-state index in [0.717, 1.165) is 56.2 Å². The summed E-state index contributed by atoms with van der Waals surface area (Å²) in [5, 5.41) is 3.47. The number of likely N-dealkylation sites (tertiary alicyclic amines) is 1. The molecule has 3 aromatic carbocycles. The molecule has 0 aromatic heterocycles. The Bertz CT molecular complexity index is 1210. The van der Waals surface area contributed by atoms with E-state index in [2.05, 4.69) is 30.1 Å². The summed E-state index contributed by atoms with van der Waals surface area (Å²) >= 11 is 0. The Morgan fingerprint density at radius 1 is 0.714 bits per heavy atom. The molecule has 2 aliphatic heterocycles. The van der Waals surface area contributed by atoms with Gasteiger partial charge in [-0.1, -0.05) is 42.5 Å². The van der Waals surface area contributed by atoms with Gasteiger partial charge in [-0.2, -0.15) is 0 Å². The molecule has 2 heterocycles. The van der Waals surface area contributed by atoms with E-state index in [1.54, 1.807) is 0 Å². The first-order valence-corrected chi connectivity index (χ1v) is 12.3. The maximum Gasteiger partial charge on any atom is 0.256 e. The quantitative estimate of drug-likeness (QED) is 0.606. The number of hydrogen-bond donors (Lipinski definition) is 1. The van der Waals surface area contributed by atoms with E-state index in [4.69, 9.17) is 0 Å². The van der Waals surface area contributed by atoms with E-state index >= 15 is 0 Å². The van der Waals surface area contributed by atoms with Gasteiger partial charge in [0.1, 0.15) is 0 Å². The van der Waals surface area contributed by atoms with Crippen LogP contribution in [0.1, 0.15) is 31.8 Å². The molecule has 5 rings (SSSR count). The van der Waals surface area contributed by atoms with Gasteiger partial charge in [0.15, 0.2) is 0 Å². The third-order valence-electron chi connectivity index (χ3n) is 7.32. The fourth-order valence-corrected chi connectivity index (χ4v) is 4.89. The van der Waals surface area contributed by atoms with E-state index < -0.39 is 0 Å². The van der Waals surface area contributed by atoms with E-state index in [-0.39, 0.29) is 11.8 Å². The van der Waals surface area contributed by atoms with Crippen LogP contribution in [-0.4, -0.2) is 71.8 Å². The molecular weight excluding hydrogens is 436 g/mol. The number of benzene rings is 3. The van der Waals surface area contributed by atoms with Gasteiger partial charge in [-0.3, -0.25) is 14.5 Å². The first-order valence-electron chi connectivity index (χ1n) is 12.3. The Labute approximate surface area is 207 Å². The van der Waals surface area contributed by atoms with Crippen molar-refractivity contribution in [2.45, 2.75) is 19.9 Å². The molecule has 0 spiro atoms. The maximum atomic E-state index is 13.3. The molecular formula is C29H32N4O2. The lowest BCUT2D eigenvalue weighted by Crippen LogP contribution is -2.64. The van der Waals surface area contributed by atoms with Crippen LogP contribution in [0.3, 0.4) is 0 Å². The van der Waals surface area contributed by atoms with Crippen molar-refractivity contribution in [3.05, 3.63) is 95.1 Å². The number of rotatable bonds is 5. The monoisotopic (exact) mass is 468 g/mol. The number of para-hydroxylation sites is 1. The van der Waals surface area contributed by atoms with Gasteiger partial charge in [0.2, 0.25) is 0 Å². The normalized spacial score (nSPS) is 16.6. The molecule has 3 aromatic rings. The second kappa shape index (κ2) is 9.92. The first-order chi connectivity index (χ1) is 17.0. The number of carbonyl (C=O) groups excluding carboxylic acids is 2. The van der Waals surface area contributed by atoms with Crippen molar-refractivity contribution in [1.29, 1.82) is 0 Å². The lowest BCUT2D eigenvalue weighted by atomic mass is 10.0. The predicted molar refractivity (Wildman–Crippen MR) is 139 cm³/mol. The van der Waals surface area contributed by atoms with Crippen molar-refractivity contribution in [2.75, 3.05) is 44.6 Å². The van der Waals surface area contributed by atoms with Gasteiger partial charge in [0.25, 0.3) is 11.8 Å². The molecule has 2 saturated heterocycles. The van der Waals surface area contributed by atoms with E-state index in [1.165, 1.54) is 11.1 Å². The van der Waals surface area contributed by atoms with Gasteiger partial charge in [0.05, 0.1) is 11.3 Å². The smallest absolute Gasteiger partial charge is 0.256 e. The molecule has 0 saturated carbocycles. The highest BCUT2D eigenvalue weighted by atomic mass is 16.2. The fourth-order valence-electron chi connectivity index (χ4n) is 4.89. The molecule has 180 valence electrons. The molecule has 1 N–H and O–H groups in total. The molecule has 6 heteroatoms. The number of nitrogens with one attached hydrogen (secondary N) is 1. The number of amides is 2. The van der Waals surface area contributed by atoms with Crippen molar-refractivity contribution in [3.63, 3.8) is 0 Å². The molecule has 0 unspecified atom stereocenters. The van der Waals surface area contributed by atoms with Gasteiger partial charge in [-0.05, 0) is 55.3 Å². The van der Waals surface area contributed by atoms with Crippen molar-refractivity contribution >= 4 is 23.2 Å². The Morgan fingerprint density at radius 2 is 1.37 bits per heavy atom. The van der Waals surface area contributed by atoms with Gasteiger partial charge in [0, 0.05) is 56.6 Å². The topological polar surface area (TPSA) is 55.9 Å². The molecule has 2 fully saturated rings. The summed E-state index contributed by atoms with van der Waals surface area (Å²) in [5.74, 6) is 0.163. The third kappa shape index (κ3) is 4.80. The Hall–Kier alpha value is -3.64. The average molecular weight is 469 g/mol. The van der Waals surface area contributed by atoms with E-state index in [9.17, 15) is 9.59 Å². The third-order valence-corrected chi connectivity index (χ3v) is 7.32. The SMILES string of the molecule is Cc1cccc(Nc2ccccc2C(=O)N2CC(N3CCN(C(=O)c4ccccc4)CC3)C2)c1C. The number of nitrogens with zero attached hydrogens (tertiary/aromatic N) is 3. The Kier molecular flexibility index (Phi) is 6.55.